The lowest BCUT2D eigenvalue weighted by Gasteiger charge is -2.14. The zero-order chi connectivity index (χ0) is 13.0. The maximum atomic E-state index is 13.5. The quantitative estimate of drug-likeness (QED) is 0.879. The fraction of sp³-hybridized carbons (Fsp3) is 0.357. The first-order chi connectivity index (χ1) is 8.66. The Bertz CT molecular complexity index is 507. The Morgan fingerprint density at radius 2 is 2.17 bits per heavy atom. The van der Waals surface area contributed by atoms with Crippen molar-refractivity contribution in [1.29, 1.82) is 0 Å². The summed E-state index contributed by atoms with van der Waals surface area (Å²) in [5.74, 6) is -0.154. The Morgan fingerprint density at radius 3 is 2.83 bits per heavy atom. The highest BCUT2D eigenvalue weighted by atomic mass is 19.1. The van der Waals surface area contributed by atoms with E-state index in [9.17, 15) is 4.39 Å². The van der Waals surface area contributed by atoms with Crippen molar-refractivity contribution in [3.05, 3.63) is 53.6 Å². The smallest absolute Gasteiger partial charge is 0.127 e. The Balaban J connectivity index is 1.85. The molecule has 0 amide bonds. The Kier molecular flexibility index (Phi) is 4.10. The van der Waals surface area contributed by atoms with Gasteiger partial charge in [0, 0.05) is 24.8 Å². The van der Waals surface area contributed by atoms with Gasteiger partial charge in [0.15, 0.2) is 0 Å². The number of nitrogens with one attached hydrogen (secondary N) is 1. The monoisotopic (exact) mass is 247 g/mol. The number of rotatable bonds is 5. The standard InChI is InChI=1S/C14H18FN3/c1-11(13-5-3-4-6-14(13)15)16-8-7-12-9-17-18(2)10-12/h3-6,9-11,16H,7-8H2,1-2H3/t11-/m1/s1. The van der Waals surface area contributed by atoms with Crippen molar-refractivity contribution in [2.75, 3.05) is 6.54 Å². The molecule has 0 radical (unpaired) electrons. The first-order valence-electron chi connectivity index (χ1n) is 6.12. The molecule has 3 nitrogen and oxygen atoms in total. The van der Waals surface area contributed by atoms with Crippen LogP contribution in [0.15, 0.2) is 36.7 Å². The van der Waals surface area contributed by atoms with Crippen molar-refractivity contribution in [3.8, 4) is 0 Å². The Morgan fingerprint density at radius 1 is 1.39 bits per heavy atom. The SMILES string of the molecule is C[C@@H](NCCc1cnn(C)c1)c1ccccc1F. The highest BCUT2D eigenvalue weighted by molar-refractivity contribution is 5.20. The van der Waals surface area contributed by atoms with Crippen molar-refractivity contribution in [2.45, 2.75) is 19.4 Å². The summed E-state index contributed by atoms with van der Waals surface area (Å²) >= 11 is 0. The Labute approximate surface area is 107 Å². The van der Waals surface area contributed by atoms with Crippen LogP contribution in [0.25, 0.3) is 0 Å². The van der Waals surface area contributed by atoms with Crippen LogP contribution in [0.5, 0.6) is 0 Å². The second kappa shape index (κ2) is 5.78. The van der Waals surface area contributed by atoms with Crippen LogP contribution in [0.2, 0.25) is 0 Å². The van der Waals surface area contributed by atoms with Crippen LogP contribution in [0, 0.1) is 5.82 Å². The van der Waals surface area contributed by atoms with Crippen molar-refractivity contribution in [3.63, 3.8) is 0 Å². The predicted molar refractivity (Wildman–Crippen MR) is 69.7 cm³/mol. The lowest BCUT2D eigenvalue weighted by Crippen LogP contribution is -2.22. The molecule has 1 aromatic heterocycles. The van der Waals surface area contributed by atoms with E-state index in [0.717, 1.165) is 13.0 Å². The van der Waals surface area contributed by atoms with E-state index >= 15 is 0 Å². The zero-order valence-corrected chi connectivity index (χ0v) is 10.7. The molecule has 2 aromatic rings. The molecular weight excluding hydrogens is 229 g/mol. The normalized spacial score (nSPS) is 12.6. The summed E-state index contributed by atoms with van der Waals surface area (Å²) in [5, 5.41) is 7.44. The second-order valence-corrected chi connectivity index (χ2v) is 4.47. The van der Waals surface area contributed by atoms with E-state index in [1.54, 1.807) is 10.7 Å². The van der Waals surface area contributed by atoms with Gasteiger partial charge in [-0.25, -0.2) is 4.39 Å². The van der Waals surface area contributed by atoms with Crippen LogP contribution in [0.1, 0.15) is 24.1 Å². The highest BCUT2D eigenvalue weighted by Gasteiger charge is 2.09. The minimum atomic E-state index is -0.154. The van der Waals surface area contributed by atoms with Gasteiger partial charge < -0.3 is 5.32 Å². The van der Waals surface area contributed by atoms with Gasteiger partial charge in [0.05, 0.1) is 6.20 Å². The van der Waals surface area contributed by atoms with Gasteiger partial charge in [0.25, 0.3) is 0 Å². The molecule has 0 bridgehead atoms. The number of aryl methyl sites for hydroxylation is 1. The minimum Gasteiger partial charge on any atom is -0.310 e. The summed E-state index contributed by atoms with van der Waals surface area (Å²) in [6.07, 6.45) is 4.75. The van der Waals surface area contributed by atoms with Crippen LogP contribution in [-0.2, 0) is 13.5 Å². The number of aromatic nitrogens is 2. The summed E-state index contributed by atoms with van der Waals surface area (Å²) in [6, 6.07) is 6.90. The average molecular weight is 247 g/mol. The summed E-state index contributed by atoms with van der Waals surface area (Å²) in [6.45, 7) is 2.78. The van der Waals surface area contributed by atoms with Gasteiger partial charge in [-0.2, -0.15) is 5.10 Å². The van der Waals surface area contributed by atoms with Gasteiger partial charge in [0.2, 0.25) is 0 Å². The maximum Gasteiger partial charge on any atom is 0.127 e. The fourth-order valence-corrected chi connectivity index (χ4v) is 1.97. The molecule has 1 N–H and O–H groups in total. The molecule has 1 aromatic carbocycles. The summed E-state index contributed by atoms with van der Waals surface area (Å²) in [5.41, 5.74) is 1.90. The van der Waals surface area contributed by atoms with Gasteiger partial charge in [0.1, 0.15) is 5.82 Å². The van der Waals surface area contributed by atoms with Crippen molar-refractivity contribution >= 4 is 0 Å². The van der Waals surface area contributed by atoms with Gasteiger partial charge in [-0.05, 0) is 31.5 Å². The molecule has 0 aliphatic heterocycles. The molecule has 2 rings (SSSR count). The number of benzene rings is 1. The largest absolute Gasteiger partial charge is 0.310 e. The van der Waals surface area contributed by atoms with Crippen LogP contribution in [-0.4, -0.2) is 16.3 Å². The van der Waals surface area contributed by atoms with Crippen molar-refractivity contribution < 1.29 is 4.39 Å². The minimum absolute atomic E-state index is 0.0165. The first-order valence-corrected chi connectivity index (χ1v) is 6.12. The van der Waals surface area contributed by atoms with E-state index in [0.29, 0.717) is 5.56 Å². The molecule has 0 saturated carbocycles. The van der Waals surface area contributed by atoms with Crippen LogP contribution in [0.4, 0.5) is 4.39 Å². The molecule has 0 fully saturated rings. The van der Waals surface area contributed by atoms with E-state index in [1.165, 1.54) is 11.6 Å². The molecule has 1 heterocycles. The fourth-order valence-electron chi connectivity index (χ4n) is 1.97. The van der Waals surface area contributed by atoms with E-state index in [-0.39, 0.29) is 11.9 Å². The molecular formula is C14H18FN3. The molecule has 0 aliphatic carbocycles. The predicted octanol–water partition coefficient (Wildman–Crippen LogP) is 2.45. The van der Waals surface area contributed by atoms with Crippen LogP contribution < -0.4 is 5.32 Å². The third kappa shape index (κ3) is 3.17. The topological polar surface area (TPSA) is 29.9 Å². The maximum absolute atomic E-state index is 13.5. The molecule has 4 heteroatoms. The van der Waals surface area contributed by atoms with Gasteiger partial charge >= 0.3 is 0 Å². The summed E-state index contributed by atoms with van der Waals surface area (Å²) in [7, 11) is 1.90. The number of hydrogen-bond donors (Lipinski definition) is 1. The van der Waals surface area contributed by atoms with E-state index in [1.807, 2.05) is 38.5 Å². The van der Waals surface area contributed by atoms with Gasteiger partial charge in [-0.3, -0.25) is 4.68 Å². The molecule has 1 atom stereocenters. The number of nitrogens with zero attached hydrogens (tertiary/aromatic N) is 2. The molecule has 0 aliphatic rings. The molecule has 96 valence electrons. The van der Waals surface area contributed by atoms with E-state index in [4.69, 9.17) is 0 Å². The summed E-state index contributed by atoms with van der Waals surface area (Å²) in [4.78, 5) is 0. The lowest BCUT2D eigenvalue weighted by atomic mass is 10.1. The van der Waals surface area contributed by atoms with Crippen molar-refractivity contribution in [1.82, 2.24) is 15.1 Å². The number of halogens is 1. The second-order valence-electron chi connectivity index (χ2n) is 4.47. The Hall–Kier alpha value is -1.68. The molecule has 18 heavy (non-hydrogen) atoms. The van der Waals surface area contributed by atoms with Gasteiger partial charge in [-0.1, -0.05) is 18.2 Å². The average Bonchev–Trinajstić information content (AvgIpc) is 2.75. The third-order valence-electron chi connectivity index (χ3n) is 2.99. The zero-order valence-electron chi connectivity index (χ0n) is 10.7. The highest BCUT2D eigenvalue weighted by Crippen LogP contribution is 2.15. The molecule has 0 saturated heterocycles. The van der Waals surface area contributed by atoms with Gasteiger partial charge in [-0.15, -0.1) is 0 Å². The summed E-state index contributed by atoms with van der Waals surface area (Å²) < 4.78 is 15.3. The molecule has 0 spiro atoms. The number of hydrogen-bond acceptors (Lipinski definition) is 2. The lowest BCUT2D eigenvalue weighted by molar-refractivity contribution is 0.531. The van der Waals surface area contributed by atoms with Crippen LogP contribution in [0.3, 0.4) is 0 Å². The van der Waals surface area contributed by atoms with Crippen LogP contribution >= 0.6 is 0 Å². The van der Waals surface area contributed by atoms with Crippen molar-refractivity contribution in [2.24, 2.45) is 7.05 Å². The third-order valence-corrected chi connectivity index (χ3v) is 2.99. The van der Waals surface area contributed by atoms with E-state index in [2.05, 4.69) is 10.4 Å². The first kappa shape index (κ1) is 12.8. The molecule has 0 unspecified atom stereocenters. The van der Waals surface area contributed by atoms with E-state index < -0.39 is 0 Å².